The molecule has 0 aromatic heterocycles. The Labute approximate surface area is 102 Å². The van der Waals surface area contributed by atoms with Gasteiger partial charge in [0.2, 0.25) is 0 Å². The summed E-state index contributed by atoms with van der Waals surface area (Å²) in [6, 6.07) is 3.19. The summed E-state index contributed by atoms with van der Waals surface area (Å²) < 4.78 is 4.57. The van der Waals surface area contributed by atoms with Crippen molar-refractivity contribution in [3.05, 3.63) is 38.9 Å². The zero-order valence-electron chi connectivity index (χ0n) is 8.38. The summed E-state index contributed by atoms with van der Waals surface area (Å²) >= 11 is 11.7. The summed E-state index contributed by atoms with van der Waals surface area (Å²) in [5.74, 6) is -0.624. The first kappa shape index (κ1) is 11.3. The molecule has 1 aromatic rings. The molecule has 1 aliphatic rings. The normalized spacial score (nSPS) is 13.9. The monoisotopic (exact) mass is 258 g/mol. The van der Waals surface area contributed by atoms with E-state index < -0.39 is 5.97 Å². The van der Waals surface area contributed by atoms with Gasteiger partial charge in [-0.25, -0.2) is 4.79 Å². The van der Waals surface area contributed by atoms with E-state index >= 15 is 0 Å². The minimum absolute atomic E-state index is 0.0829. The highest BCUT2D eigenvalue weighted by atomic mass is 35.5. The molecular weight excluding hydrogens is 251 g/mol. The van der Waals surface area contributed by atoms with Gasteiger partial charge in [-0.15, -0.1) is 0 Å². The number of ether oxygens (including phenoxy) is 1. The zero-order valence-corrected chi connectivity index (χ0v) is 9.89. The van der Waals surface area contributed by atoms with Crippen molar-refractivity contribution in [1.82, 2.24) is 0 Å². The van der Waals surface area contributed by atoms with E-state index in [0.29, 0.717) is 22.0 Å². The van der Waals surface area contributed by atoms with E-state index in [1.165, 1.54) is 7.11 Å². The summed E-state index contributed by atoms with van der Waals surface area (Å²) in [5, 5.41) is 10.6. The number of esters is 1. The number of benzene rings is 1. The number of hydrogen-bond donors (Lipinski definition) is 1. The van der Waals surface area contributed by atoms with Crippen LogP contribution < -0.4 is 0 Å². The van der Waals surface area contributed by atoms with Gasteiger partial charge in [0.25, 0.3) is 0 Å². The molecule has 0 heterocycles. The van der Waals surface area contributed by atoms with Gasteiger partial charge in [-0.2, -0.15) is 0 Å². The lowest BCUT2D eigenvalue weighted by Crippen LogP contribution is -2.05. The van der Waals surface area contributed by atoms with Crippen molar-refractivity contribution in [3.63, 3.8) is 0 Å². The van der Waals surface area contributed by atoms with Crippen molar-refractivity contribution in [3.8, 4) is 0 Å². The molecule has 0 radical (unpaired) electrons. The lowest BCUT2D eigenvalue weighted by atomic mass is 10.1. The highest BCUT2D eigenvalue weighted by molar-refractivity contribution is 6.42. The molecule has 3 nitrogen and oxygen atoms in total. The summed E-state index contributed by atoms with van der Waals surface area (Å²) in [6.07, 6.45) is 0.310. The van der Waals surface area contributed by atoms with Gasteiger partial charge < -0.3 is 9.84 Å². The Balaban J connectivity index is 2.50. The predicted molar refractivity (Wildman–Crippen MR) is 61.7 cm³/mol. The van der Waals surface area contributed by atoms with E-state index in [4.69, 9.17) is 23.2 Å². The number of fused-ring (bicyclic) bond motifs is 1. The molecule has 0 amide bonds. The maximum Gasteiger partial charge on any atom is 0.337 e. The average Bonchev–Trinajstić information content (AvgIpc) is 2.56. The Morgan fingerprint density at radius 1 is 1.38 bits per heavy atom. The first-order valence-electron chi connectivity index (χ1n) is 4.53. The van der Waals surface area contributed by atoms with Crippen molar-refractivity contribution in [2.24, 2.45) is 0 Å². The fourth-order valence-corrected chi connectivity index (χ4v) is 2.03. The minimum Gasteiger partial charge on any atom is -0.507 e. The van der Waals surface area contributed by atoms with Crippen LogP contribution in [0.4, 0.5) is 0 Å². The SMILES string of the molecule is COC(=O)C1=C(O)c2cc(Cl)c(Cl)cc2C1. The molecule has 84 valence electrons. The number of methoxy groups -OCH3 is 1. The number of hydrogen-bond acceptors (Lipinski definition) is 3. The molecule has 0 saturated heterocycles. The number of rotatable bonds is 1. The number of carbonyl (C=O) groups excluding carboxylic acids is 1. The smallest absolute Gasteiger partial charge is 0.337 e. The number of carbonyl (C=O) groups is 1. The van der Waals surface area contributed by atoms with Crippen LogP contribution >= 0.6 is 23.2 Å². The predicted octanol–water partition coefficient (Wildman–Crippen LogP) is 2.99. The third-order valence-corrected chi connectivity index (χ3v) is 3.21. The highest BCUT2D eigenvalue weighted by Gasteiger charge is 2.27. The molecule has 0 fully saturated rings. The van der Waals surface area contributed by atoms with Crippen molar-refractivity contribution in [1.29, 1.82) is 0 Å². The van der Waals surface area contributed by atoms with Crippen molar-refractivity contribution in [2.45, 2.75) is 6.42 Å². The first-order chi connectivity index (χ1) is 7.54. The Kier molecular flexibility index (Phi) is 2.82. The second kappa shape index (κ2) is 4.00. The van der Waals surface area contributed by atoms with Crippen LogP contribution in [-0.4, -0.2) is 18.2 Å². The van der Waals surface area contributed by atoms with Crippen LogP contribution in [0.15, 0.2) is 17.7 Å². The van der Waals surface area contributed by atoms with E-state index in [-0.39, 0.29) is 11.3 Å². The number of aliphatic hydroxyl groups excluding tert-OH is 1. The Hall–Kier alpha value is -1.19. The third-order valence-electron chi connectivity index (χ3n) is 2.49. The van der Waals surface area contributed by atoms with E-state index in [1.807, 2.05) is 0 Å². The second-order valence-corrected chi connectivity index (χ2v) is 4.23. The van der Waals surface area contributed by atoms with Crippen LogP contribution in [0, 0.1) is 0 Å². The number of aliphatic hydroxyl groups is 1. The molecule has 16 heavy (non-hydrogen) atoms. The molecule has 0 bridgehead atoms. The molecule has 0 atom stereocenters. The summed E-state index contributed by atoms with van der Waals surface area (Å²) in [4.78, 5) is 11.4. The van der Waals surface area contributed by atoms with E-state index in [1.54, 1.807) is 12.1 Å². The van der Waals surface area contributed by atoms with Gasteiger partial charge in [0, 0.05) is 12.0 Å². The van der Waals surface area contributed by atoms with Crippen molar-refractivity contribution in [2.75, 3.05) is 7.11 Å². The van der Waals surface area contributed by atoms with Gasteiger partial charge in [-0.3, -0.25) is 0 Å². The van der Waals surface area contributed by atoms with Crippen LogP contribution in [-0.2, 0) is 16.0 Å². The Morgan fingerprint density at radius 3 is 2.62 bits per heavy atom. The zero-order chi connectivity index (χ0) is 11.9. The molecule has 0 aliphatic heterocycles. The second-order valence-electron chi connectivity index (χ2n) is 3.42. The molecule has 5 heteroatoms. The largest absolute Gasteiger partial charge is 0.507 e. The van der Waals surface area contributed by atoms with Crippen LogP contribution in [0.1, 0.15) is 11.1 Å². The van der Waals surface area contributed by atoms with E-state index in [9.17, 15) is 9.90 Å². The fourth-order valence-electron chi connectivity index (χ4n) is 1.68. The van der Waals surface area contributed by atoms with E-state index in [2.05, 4.69) is 4.74 Å². The average molecular weight is 259 g/mol. The van der Waals surface area contributed by atoms with Gasteiger partial charge in [-0.1, -0.05) is 23.2 Å². The van der Waals surface area contributed by atoms with Gasteiger partial charge in [-0.05, 0) is 17.7 Å². The molecule has 0 spiro atoms. The summed E-state index contributed by atoms with van der Waals surface area (Å²) in [5.41, 5.74) is 1.54. The van der Waals surface area contributed by atoms with Crippen LogP contribution in [0.25, 0.3) is 5.76 Å². The lowest BCUT2D eigenvalue weighted by Gasteiger charge is -2.02. The van der Waals surface area contributed by atoms with Gasteiger partial charge in [0.15, 0.2) is 0 Å². The molecule has 1 N–H and O–H groups in total. The van der Waals surface area contributed by atoms with Crippen LogP contribution in [0.2, 0.25) is 10.0 Å². The maximum absolute atomic E-state index is 11.4. The molecular formula is C11H8Cl2O3. The van der Waals surface area contributed by atoms with Crippen molar-refractivity contribution >= 4 is 34.9 Å². The standard InChI is InChI=1S/C11H8Cl2O3/c1-16-11(15)7-2-5-3-8(12)9(13)4-6(5)10(7)14/h3-4,14H,2H2,1H3. The third kappa shape index (κ3) is 1.66. The topological polar surface area (TPSA) is 46.5 Å². The molecule has 1 aromatic carbocycles. The highest BCUT2D eigenvalue weighted by Crippen LogP contribution is 2.36. The van der Waals surface area contributed by atoms with Crippen LogP contribution in [0.5, 0.6) is 0 Å². The van der Waals surface area contributed by atoms with Gasteiger partial charge >= 0.3 is 5.97 Å². The first-order valence-corrected chi connectivity index (χ1v) is 5.29. The summed E-state index contributed by atoms with van der Waals surface area (Å²) in [6.45, 7) is 0. The molecule has 2 rings (SSSR count). The van der Waals surface area contributed by atoms with E-state index in [0.717, 1.165) is 5.56 Å². The molecule has 0 unspecified atom stereocenters. The maximum atomic E-state index is 11.4. The quantitative estimate of drug-likeness (QED) is 0.788. The van der Waals surface area contributed by atoms with Crippen molar-refractivity contribution < 1.29 is 14.6 Å². The fraction of sp³-hybridized carbons (Fsp3) is 0.182. The Morgan fingerprint density at radius 2 is 2.00 bits per heavy atom. The number of halogens is 2. The van der Waals surface area contributed by atoms with Gasteiger partial charge in [0.1, 0.15) is 5.76 Å². The van der Waals surface area contributed by atoms with Crippen LogP contribution in [0.3, 0.4) is 0 Å². The Bertz CT molecular complexity index is 506. The molecule has 0 saturated carbocycles. The summed E-state index contributed by atoms with van der Waals surface area (Å²) in [7, 11) is 1.27. The minimum atomic E-state index is -0.541. The molecule has 1 aliphatic carbocycles. The lowest BCUT2D eigenvalue weighted by molar-refractivity contribution is -0.136. The van der Waals surface area contributed by atoms with Gasteiger partial charge in [0.05, 0.1) is 22.7 Å².